The van der Waals surface area contributed by atoms with Crippen molar-refractivity contribution in [2.45, 2.75) is 71.8 Å². The monoisotopic (exact) mass is 306 g/mol. The summed E-state index contributed by atoms with van der Waals surface area (Å²) in [5.74, 6) is 3.09. The summed E-state index contributed by atoms with van der Waals surface area (Å²) in [6, 6.07) is 0.638. The fraction of sp³-hybridized carbons (Fsp3) is 0.833. The third kappa shape index (κ3) is 3.68. The van der Waals surface area contributed by atoms with Gasteiger partial charge in [0.25, 0.3) is 0 Å². The van der Waals surface area contributed by atoms with Gasteiger partial charge >= 0.3 is 0 Å². The molecule has 2 aliphatic carbocycles. The molecule has 118 valence electrons. The van der Waals surface area contributed by atoms with Gasteiger partial charge in [-0.2, -0.15) is 0 Å². The number of hydrogen-bond acceptors (Lipinski definition) is 3. The Morgan fingerprint density at radius 1 is 1.29 bits per heavy atom. The van der Waals surface area contributed by atoms with Crippen LogP contribution in [0.25, 0.3) is 0 Å². The Morgan fingerprint density at radius 3 is 2.71 bits per heavy atom. The molecule has 2 saturated carbocycles. The molecule has 2 bridgehead atoms. The third-order valence-electron chi connectivity index (χ3n) is 5.65. The van der Waals surface area contributed by atoms with Crippen LogP contribution in [-0.2, 0) is 6.42 Å². The van der Waals surface area contributed by atoms with Crippen molar-refractivity contribution in [2.75, 3.05) is 6.54 Å². The molecule has 0 aromatic carbocycles. The molecule has 0 amide bonds. The van der Waals surface area contributed by atoms with Gasteiger partial charge in [-0.05, 0) is 70.3 Å². The van der Waals surface area contributed by atoms with Gasteiger partial charge in [0.15, 0.2) is 0 Å². The lowest BCUT2D eigenvalue weighted by Crippen LogP contribution is -2.34. The van der Waals surface area contributed by atoms with E-state index in [0.29, 0.717) is 6.04 Å². The number of aromatic nitrogens is 1. The number of rotatable bonds is 7. The van der Waals surface area contributed by atoms with Crippen molar-refractivity contribution >= 4 is 11.3 Å². The van der Waals surface area contributed by atoms with Gasteiger partial charge in [0, 0.05) is 17.3 Å². The molecule has 21 heavy (non-hydrogen) atoms. The largest absolute Gasteiger partial charge is 0.314 e. The standard InChI is InChI=1S/C18H30N2S/c1-4-7-19-17(11-18-20-12(2)13(3)21-18)10-16-9-14-5-6-15(16)8-14/h14-17,19H,4-11H2,1-3H3. The molecular formula is C18H30N2S. The van der Waals surface area contributed by atoms with Crippen LogP contribution in [0.1, 0.15) is 61.0 Å². The molecule has 3 rings (SSSR count). The molecular weight excluding hydrogens is 276 g/mol. The summed E-state index contributed by atoms with van der Waals surface area (Å²) < 4.78 is 0. The SMILES string of the molecule is CCCNC(Cc1nc(C)c(C)s1)CC1CC2CCC1C2. The molecule has 1 aromatic heterocycles. The topological polar surface area (TPSA) is 24.9 Å². The molecule has 4 unspecified atom stereocenters. The minimum Gasteiger partial charge on any atom is -0.314 e. The second kappa shape index (κ2) is 6.78. The molecule has 2 aliphatic rings. The Balaban J connectivity index is 1.60. The minimum absolute atomic E-state index is 0.638. The van der Waals surface area contributed by atoms with Crippen molar-refractivity contribution in [3.05, 3.63) is 15.6 Å². The number of thiazole rings is 1. The Labute approximate surface area is 133 Å². The zero-order valence-electron chi connectivity index (χ0n) is 13.8. The Bertz CT molecular complexity index is 448. The van der Waals surface area contributed by atoms with Gasteiger partial charge < -0.3 is 5.32 Å². The van der Waals surface area contributed by atoms with Crippen LogP contribution in [0.15, 0.2) is 0 Å². The average Bonchev–Trinajstić information content (AvgIpc) is 3.13. The summed E-state index contributed by atoms with van der Waals surface area (Å²) in [6.45, 7) is 7.74. The van der Waals surface area contributed by atoms with Crippen molar-refractivity contribution in [3.63, 3.8) is 0 Å². The van der Waals surface area contributed by atoms with E-state index in [2.05, 4.69) is 26.1 Å². The molecule has 1 N–H and O–H groups in total. The van der Waals surface area contributed by atoms with E-state index in [1.54, 1.807) is 0 Å². The van der Waals surface area contributed by atoms with E-state index in [0.717, 1.165) is 30.7 Å². The lowest BCUT2D eigenvalue weighted by atomic mass is 9.83. The summed E-state index contributed by atoms with van der Waals surface area (Å²) >= 11 is 1.90. The second-order valence-corrected chi connectivity index (χ2v) is 8.56. The maximum absolute atomic E-state index is 4.76. The molecule has 1 heterocycles. The molecule has 2 nitrogen and oxygen atoms in total. The highest BCUT2D eigenvalue weighted by Gasteiger charge is 2.40. The van der Waals surface area contributed by atoms with Crippen molar-refractivity contribution in [1.29, 1.82) is 0 Å². The minimum atomic E-state index is 0.638. The number of fused-ring (bicyclic) bond motifs is 2. The fourth-order valence-corrected chi connectivity index (χ4v) is 5.47. The van der Waals surface area contributed by atoms with Crippen LogP contribution < -0.4 is 5.32 Å². The normalized spacial score (nSPS) is 29.2. The number of hydrogen-bond donors (Lipinski definition) is 1. The summed E-state index contributed by atoms with van der Waals surface area (Å²) in [4.78, 5) is 6.15. The maximum atomic E-state index is 4.76. The van der Waals surface area contributed by atoms with E-state index in [1.165, 1.54) is 54.1 Å². The lowest BCUT2D eigenvalue weighted by Gasteiger charge is -2.27. The first-order valence-corrected chi connectivity index (χ1v) is 9.63. The van der Waals surface area contributed by atoms with Crippen LogP contribution in [0.3, 0.4) is 0 Å². The predicted molar refractivity (Wildman–Crippen MR) is 90.9 cm³/mol. The van der Waals surface area contributed by atoms with Gasteiger partial charge in [-0.1, -0.05) is 13.3 Å². The molecule has 1 aromatic rings. The first-order valence-electron chi connectivity index (χ1n) is 8.82. The first kappa shape index (κ1) is 15.5. The van der Waals surface area contributed by atoms with Crippen molar-refractivity contribution < 1.29 is 0 Å². The van der Waals surface area contributed by atoms with Gasteiger partial charge in [0.1, 0.15) is 0 Å². The average molecular weight is 307 g/mol. The summed E-state index contributed by atoms with van der Waals surface area (Å²) in [7, 11) is 0. The molecule has 2 fully saturated rings. The molecule has 4 atom stereocenters. The third-order valence-corrected chi connectivity index (χ3v) is 6.74. The van der Waals surface area contributed by atoms with Gasteiger partial charge in [0.05, 0.1) is 10.7 Å². The van der Waals surface area contributed by atoms with Crippen LogP contribution in [0.2, 0.25) is 0 Å². The van der Waals surface area contributed by atoms with Crippen LogP contribution >= 0.6 is 11.3 Å². The number of nitrogens with one attached hydrogen (secondary N) is 1. The Morgan fingerprint density at radius 2 is 2.14 bits per heavy atom. The van der Waals surface area contributed by atoms with Crippen molar-refractivity contribution in [3.8, 4) is 0 Å². The molecule has 0 radical (unpaired) electrons. The smallest absolute Gasteiger partial charge is 0.0946 e. The van der Waals surface area contributed by atoms with Crippen LogP contribution in [0.4, 0.5) is 0 Å². The van der Waals surface area contributed by atoms with Gasteiger partial charge in [0.2, 0.25) is 0 Å². The molecule has 0 aliphatic heterocycles. The van der Waals surface area contributed by atoms with E-state index in [1.807, 2.05) is 11.3 Å². The van der Waals surface area contributed by atoms with Crippen molar-refractivity contribution in [2.24, 2.45) is 17.8 Å². The number of aryl methyl sites for hydroxylation is 2. The van der Waals surface area contributed by atoms with E-state index in [4.69, 9.17) is 4.98 Å². The van der Waals surface area contributed by atoms with Gasteiger partial charge in [-0.3, -0.25) is 0 Å². The van der Waals surface area contributed by atoms with Crippen LogP contribution in [-0.4, -0.2) is 17.6 Å². The molecule has 0 spiro atoms. The van der Waals surface area contributed by atoms with Crippen LogP contribution in [0.5, 0.6) is 0 Å². The summed E-state index contributed by atoms with van der Waals surface area (Å²) in [5.41, 5.74) is 1.23. The van der Waals surface area contributed by atoms with Crippen LogP contribution in [0, 0.1) is 31.6 Å². The Hall–Kier alpha value is -0.410. The number of nitrogens with zero attached hydrogens (tertiary/aromatic N) is 1. The lowest BCUT2D eigenvalue weighted by molar-refractivity contribution is 0.276. The quantitative estimate of drug-likeness (QED) is 0.802. The van der Waals surface area contributed by atoms with Gasteiger partial charge in [-0.15, -0.1) is 11.3 Å². The van der Waals surface area contributed by atoms with Gasteiger partial charge in [-0.25, -0.2) is 4.98 Å². The van der Waals surface area contributed by atoms with Crippen molar-refractivity contribution in [1.82, 2.24) is 10.3 Å². The highest BCUT2D eigenvalue weighted by atomic mass is 32.1. The summed E-state index contributed by atoms with van der Waals surface area (Å²) in [5, 5.41) is 5.13. The van der Waals surface area contributed by atoms with E-state index >= 15 is 0 Å². The van der Waals surface area contributed by atoms with E-state index in [9.17, 15) is 0 Å². The highest BCUT2D eigenvalue weighted by molar-refractivity contribution is 7.11. The Kier molecular flexibility index (Phi) is 5.00. The van der Waals surface area contributed by atoms with E-state index < -0.39 is 0 Å². The molecule has 3 heteroatoms. The zero-order chi connectivity index (χ0) is 14.8. The zero-order valence-corrected chi connectivity index (χ0v) is 14.6. The summed E-state index contributed by atoms with van der Waals surface area (Å²) in [6.07, 6.45) is 9.78. The fourth-order valence-electron chi connectivity index (χ4n) is 4.46. The maximum Gasteiger partial charge on any atom is 0.0946 e. The second-order valence-electron chi connectivity index (χ2n) is 7.28. The molecule has 0 saturated heterocycles. The highest BCUT2D eigenvalue weighted by Crippen LogP contribution is 2.50. The predicted octanol–water partition coefficient (Wildman–Crippen LogP) is 4.50. The first-order chi connectivity index (χ1) is 10.2. The van der Waals surface area contributed by atoms with E-state index in [-0.39, 0.29) is 0 Å².